The predicted molar refractivity (Wildman–Crippen MR) is 89.1 cm³/mol. The van der Waals surface area contributed by atoms with E-state index in [0.717, 1.165) is 4.47 Å². The molecule has 112 valence electrons. The molecule has 0 spiro atoms. The monoisotopic (exact) mass is 369 g/mol. The van der Waals surface area contributed by atoms with Gasteiger partial charge in [0.2, 0.25) is 5.88 Å². The molecule has 0 unspecified atom stereocenters. The summed E-state index contributed by atoms with van der Waals surface area (Å²) < 4.78 is 6.71. The Morgan fingerprint density at radius 2 is 1.90 bits per heavy atom. The summed E-state index contributed by atoms with van der Waals surface area (Å²) in [5, 5.41) is 0.498. The van der Waals surface area contributed by atoms with Crippen LogP contribution in [-0.2, 0) is 5.41 Å². The second-order valence-corrected chi connectivity index (χ2v) is 7.11. The SMILES string of the molecule is Cc1c(N)nc(C(C)(C)C)nc1Oc1ccc(Br)cc1Cl. The molecule has 0 fully saturated rings. The molecule has 0 bridgehead atoms. The average Bonchev–Trinajstić information content (AvgIpc) is 2.36. The van der Waals surface area contributed by atoms with Crippen molar-refractivity contribution in [1.82, 2.24) is 9.97 Å². The lowest BCUT2D eigenvalue weighted by molar-refractivity contribution is 0.443. The van der Waals surface area contributed by atoms with Crippen LogP contribution in [-0.4, -0.2) is 9.97 Å². The molecule has 1 aromatic carbocycles. The van der Waals surface area contributed by atoms with E-state index < -0.39 is 0 Å². The lowest BCUT2D eigenvalue weighted by atomic mass is 9.95. The standard InChI is InChI=1S/C15H17BrClN3O/c1-8-12(18)19-14(15(2,3)4)20-13(8)21-11-6-5-9(16)7-10(11)17/h5-7H,1-4H3,(H2,18,19,20). The second-order valence-electron chi connectivity index (χ2n) is 5.79. The van der Waals surface area contributed by atoms with Gasteiger partial charge in [0, 0.05) is 9.89 Å². The molecular weight excluding hydrogens is 354 g/mol. The summed E-state index contributed by atoms with van der Waals surface area (Å²) in [6, 6.07) is 5.40. The first-order chi connectivity index (χ1) is 9.68. The summed E-state index contributed by atoms with van der Waals surface area (Å²) in [6.45, 7) is 7.89. The molecule has 2 rings (SSSR count). The van der Waals surface area contributed by atoms with Gasteiger partial charge in [-0.2, -0.15) is 4.98 Å². The van der Waals surface area contributed by atoms with Crippen molar-refractivity contribution in [3.05, 3.63) is 39.1 Å². The normalized spacial score (nSPS) is 11.5. The van der Waals surface area contributed by atoms with Crippen molar-refractivity contribution >= 4 is 33.3 Å². The number of benzene rings is 1. The van der Waals surface area contributed by atoms with E-state index in [0.29, 0.717) is 33.9 Å². The lowest BCUT2D eigenvalue weighted by Crippen LogP contribution is -2.18. The molecule has 0 aliphatic heterocycles. The number of halogens is 2. The van der Waals surface area contributed by atoms with Crippen LogP contribution in [0.15, 0.2) is 22.7 Å². The van der Waals surface area contributed by atoms with Gasteiger partial charge >= 0.3 is 0 Å². The molecule has 0 atom stereocenters. The van der Waals surface area contributed by atoms with Gasteiger partial charge in [0.1, 0.15) is 17.4 Å². The Kier molecular flexibility index (Phi) is 4.44. The number of nitrogens with zero attached hydrogens (tertiary/aromatic N) is 2. The van der Waals surface area contributed by atoms with E-state index >= 15 is 0 Å². The first-order valence-corrected chi connectivity index (χ1v) is 7.63. The maximum Gasteiger partial charge on any atom is 0.227 e. The zero-order valence-electron chi connectivity index (χ0n) is 12.4. The summed E-state index contributed by atoms with van der Waals surface area (Å²) in [5.41, 5.74) is 6.44. The molecule has 1 aromatic heterocycles. The molecule has 2 N–H and O–H groups in total. The molecule has 0 aliphatic rings. The highest BCUT2D eigenvalue weighted by atomic mass is 79.9. The van der Waals surface area contributed by atoms with Crippen LogP contribution in [0, 0.1) is 6.92 Å². The third kappa shape index (κ3) is 3.66. The van der Waals surface area contributed by atoms with Crippen LogP contribution in [0.4, 0.5) is 5.82 Å². The molecule has 6 heteroatoms. The molecular formula is C15H17BrClN3O. The molecule has 1 heterocycles. The Labute approximate surface area is 137 Å². The second kappa shape index (κ2) is 5.81. The third-order valence-electron chi connectivity index (χ3n) is 2.91. The van der Waals surface area contributed by atoms with E-state index in [4.69, 9.17) is 22.1 Å². The highest BCUT2D eigenvalue weighted by Gasteiger charge is 2.21. The molecule has 4 nitrogen and oxygen atoms in total. The lowest BCUT2D eigenvalue weighted by Gasteiger charge is -2.19. The maximum absolute atomic E-state index is 6.17. The number of hydrogen-bond donors (Lipinski definition) is 1. The number of rotatable bonds is 2. The smallest absolute Gasteiger partial charge is 0.227 e. The zero-order valence-corrected chi connectivity index (χ0v) is 14.7. The Hall–Kier alpha value is -1.33. The van der Waals surface area contributed by atoms with E-state index in [-0.39, 0.29) is 5.41 Å². The minimum atomic E-state index is -0.219. The van der Waals surface area contributed by atoms with Gasteiger partial charge < -0.3 is 10.5 Å². The van der Waals surface area contributed by atoms with Crippen LogP contribution < -0.4 is 10.5 Å². The highest BCUT2D eigenvalue weighted by molar-refractivity contribution is 9.10. The van der Waals surface area contributed by atoms with E-state index in [1.165, 1.54) is 0 Å². The molecule has 0 radical (unpaired) electrons. The number of hydrogen-bond acceptors (Lipinski definition) is 4. The average molecular weight is 371 g/mol. The van der Waals surface area contributed by atoms with Crippen LogP contribution in [0.3, 0.4) is 0 Å². The largest absolute Gasteiger partial charge is 0.437 e. The van der Waals surface area contributed by atoms with Crippen LogP contribution in [0.2, 0.25) is 5.02 Å². The van der Waals surface area contributed by atoms with Gasteiger partial charge in [-0.25, -0.2) is 4.98 Å². The van der Waals surface area contributed by atoms with Crippen molar-refractivity contribution in [3.8, 4) is 11.6 Å². The molecule has 0 aliphatic carbocycles. The Morgan fingerprint density at radius 3 is 2.48 bits per heavy atom. The topological polar surface area (TPSA) is 61.0 Å². The van der Waals surface area contributed by atoms with Gasteiger partial charge in [0.05, 0.1) is 10.6 Å². The van der Waals surface area contributed by atoms with Crippen molar-refractivity contribution < 1.29 is 4.74 Å². The quantitative estimate of drug-likeness (QED) is 0.819. The fraction of sp³-hybridized carbons (Fsp3) is 0.333. The number of nitrogen functional groups attached to an aromatic ring is 1. The predicted octanol–water partition coefficient (Wildman–Crippen LogP) is 4.87. The number of anilines is 1. The van der Waals surface area contributed by atoms with E-state index in [2.05, 4.69) is 25.9 Å². The van der Waals surface area contributed by atoms with Gasteiger partial charge in [-0.3, -0.25) is 0 Å². The van der Waals surface area contributed by atoms with Gasteiger partial charge in [0.25, 0.3) is 0 Å². The molecule has 21 heavy (non-hydrogen) atoms. The summed E-state index contributed by atoms with van der Waals surface area (Å²) in [7, 11) is 0. The first-order valence-electron chi connectivity index (χ1n) is 6.46. The van der Waals surface area contributed by atoms with Gasteiger partial charge in [-0.1, -0.05) is 48.3 Å². The van der Waals surface area contributed by atoms with Crippen molar-refractivity contribution in [3.63, 3.8) is 0 Å². The van der Waals surface area contributed by atoms with Gasteiger partial charge in [0.15, 0.2) is 0 Å². The number of nitrogens with two attached hydrogens (primary N) is 1. The van der Waals surface area contributed by atoms with Crippen LogP contribution in [0.5, 0.6) is 11.6 Å². The maximum atomic E-state index is 6.17. The minimum absolute atomic E-state index is 0.219. The summed E-state index contributed by atoms with van der Waals surface area (Å²) in [6.07, 6.45) is 0. The van der Waals surface area contributed by atoms with Crippen LogP contribution >= 0.6 is 27.5 Å². The summed E-state index contributed by atoms with van der Waals surface area (Å²) >= 11 is 9.53. The third-order valence-corrected chi connectivity index (χ3v) is 3.70. The fourth-order valence-corrected chi connectivity index (χ4v) is 2.32. The summed E-state index contributed by atoms with van der Waals surface area (Å²) in [5.74, 6) is 2.00. The minimum Gasteiger partial charge on any atom is -0.437 e. The molecule has 0 saturated heterocycles. The Balaban J connectivity index is 2.46. The van der Waals surface area contributed by atoms with E-state index in [1.807, 2.05) is 33.8 Å². The molecule has 0 saturated carbocycles. The van der Waals surface area contributed by atoms with Crippen molar-refractivity contribution in [2.75, 3.05) is 5.73 Å². The van der Waals surface area contributed by atoms with Crippen LogP contribution in [0.1, 0.15) is 32.2 Å². The van der Waals surface area contributed by atoms with Gasteiger partial charge in [-0.05, 0) is 25.1 Å². The first kappa shape index (κ1) is 16.0. The number of ether oxygens (including phenoxy) is 1. The molecule has 2 aromatic rings. The number of aromatic nitrogens is 2. The van der Waals surface area contributed by atoms with Crippen molar-refractivity contribution in [2.24, 2.45) is 0 Å². The van der Waals surface area contributed by atoms with E-state index in [9.17, 15) is 0 Å². The van der Waals surface area contributed by atoms with Crippen LogP contribution in [0.25, 0.3) is 0 Å². The Bertz CT molecular complexity index is 683. The Morgan fingerprint density at radius 1 is 1.24 bits per heavy atom. The van der Waals surface area contributed by atoms with E-state index in [1.54, 1.807) is 12.1 Å². The van der Waals surface area contributed by atoms with Crippen molar-refractivity contribution in [2.45, 2.75) is 33.1 Å². The van der Waals surface area contributed by atoms with Gasteiger partial charge in [-0.15, -0.1) is 0 Å². The molecule has 0 amide bonds. The zero-order chi connectivity index (χ0) is 15.8. The summed E-state index contributed by atoms with van der Waals surface area (Å²) in [4.78, 5) is 8.81. The highest BCUT2D eigenvalue weighted by Crippen LogP contribution is 2.34. The fourth-order valence-electron chi connectivity index (χ4n) is 1.61. The van der Waals surface area contributed by atoms with Crippen molar-refractivity contribution in [1.29, 1.82) is 0 Å².